The van der Waals surface area contributed by atoms with Crippen molar-refractivity contribution in [3.63, 3.8) is 0 Å². The van der Waals surface area contributed by atoms with E-state index in [1.54, 1.807) is 7.11 Å². The van der Waals surface area contributed by atoms with Gasteiger partial charge >= 0.3 is 0 Å². The molecular weight excluding hydrogens is 350 g/mol. The van der Waals surface area contributed by atoms with Gasteiger partial charge in [0.25, 0.3) is 0 Å². The number of likely N-dealkylation sites (N-methyl/N-ethyl adjacent to an activating group) is 1. The summed E-state index contributed by atoms with van der Waals surface area (Å²) in [4.78, 5) is 9.69. The van der Waals surface area contributed by atoms with Crippen molar-refractivity contribution >= 4 is 0 Å². The number of rotatable bonds is 5. The highest BCUT2D eigenvalue weighted by molar-refractivity contribution is 5.55. The molecule has 1 aliphatic rings. The van der Waals surface area contributed by atoms with Crippen molar-refractivity contribution in [2.75, 3.05) is 33.8 Å². The van der Waals surface area contributed by atoms with E-state index >= 15 is 0 Å². The van der Waals surface area contributed by atoms with Gasteiger partial charge < -0.3 is 9.15 Å². The lowest BCUT2D eigenvalue weighted by Crippen LogP contribution is -2.46. The van der Waals surface area contributed by atoms with Crippen molar-refractivity contribution in [3.8, 4) is 17.2 Å². The van der Waals surface area contributed by atoms with Gasteiger partial charge in [-0.15, -0.1) is 0 Å². The average Bonchev–Trinajstić information content (AvgIpc) is 3.10. The lowest BCUT2D eigenvalue weighted by molar-refractivity contribution is 0.0894. The molecular formula is C23H27N3O2. The molecule has 0 saturated carbocycles. The van der Waals surface area contributed by atoms with Crippen LogP contribution in [0.25, 0.3) is 11.5 Å². The molecule has 0 bridgehead atoms. The molecule has 0 spiro atoms. The van der Waals surface area contributed by atoms with Crippen LogP contribution in [0.1, 0.15) is 23.1 Å². The molecule has 1 aliphatic heterocycles. The molecule has 2 aromatic carbocycles. The van der Waals surface area contributed by atoms with Gasteiger partial charge in [0, 0.05) is 37.8 Å². The Bertz CT molecular complexity index is 905. The summed E-state index contributed by atoms with van der Waals surface area (Å²) in [5, 5.41) is 0. The monoisotopic (exact) mass is 377 g/mol. The molecule has 2 heterocycles. The number of nitrogens with zero attached hydrogens (tertiary/aromatic N) is 3. The SMILES string of the molecule is COc1ccc(-c2nc(CN3CCN(C)[C@@H](c4ccccc4)C3)c(C)o2)cc1. The van der Waals surface area contributed by atoms with E-state index in [1.807, 2.05) is 31.2 Å². The van der Waals surface area contributed by atoms with Gasteiger partial charge in [-0.2, -0.15) is 0 Å². The normalized spacial score (nSPS) is 18.3. The second kappa shape index (κ2) is 8.17. The van der Waals surface area contributed by atoms with E-state index in [2.05, 4.69) is 47.2 Å². The third-order valence-corrected chi connectivity index (χ3v) is 5.52. The summed E-state index contributed by atoms with van der Waals surface area (Å²) in [5.74, 6) is 2.39. The van der Waals surface area contributed by atoms with Crippen molar-refractivity contribution < 1.29 is 9.15 Å². The summed E-state index contributed by atoms with van der Waals surface area (Å²) >= 11 is 0. The Labute approximate surface area is 166 Å². The Balaban J connectivity index is 1.48. The van der Waals surface area contributed by atoms with Crippen molar-refractivity contribution in [2.24, 2.45) is 0 Å². The minimum absolute atomic E-state index is 0.406. The highest BCUT2D eigenvalue weighted by Gasteiger charge is 2.26. The van der Waals surface area contributed by atoms with Gasteiger partial charge in [0.15, 0.2) is 0 Å². The van der Waals surface area contributed by atoms with Crippen LogP contribution in [0.2, 0.25) is 0 Å². The molecule has 28 heavy (non-hydrogen) atoms. The Morgan fingerprint density at radius 1 is 1.07 bits per heavy atom. The van der Waals surface area contributed by atoms with Gasteiger partial charge in [-0.3, -0.25) is 9.80 Å². The molecule has 3 aromatic rings. The highest BCUT2D eigenvalue weighted by Crippen LogP contribution is 2.27. The maximum Gasteiger partial charge on any atom is 0.226 e. The number of piperazine rings is 1. The molecule has 0 unspecified atom stereocenters. The molecule has 1 atom stereocenters. The number of ether oxygens (including phenoxy) is 1. The predicted octanol–water partition coefficient (Wildman–Crippen LogP) is 4.15. The molecule has 4 rings (SSSR count). The molecule has 146 valence electrons. The average molecular weight is 377 g/mol. The van der Waals surface area contributed by atoms with Crippen molar-refractivity contribution in [2.45, 2.75) is 19.5 Å². The van der Waals surface area contributed by atoms with E-state index in [9.17, 15) is 0 Å². The van der Waals surface area contributed by atoms with Crippen LogP contribution >= 0.6 is 0 Å². The van der Waals surface area contributed by atoms with E-state index in [1.165, 1.54) is 5.56 Å². The summed E-state index contributed by atoms with van der Waals surface area (Å²) in [6.07, 6.45) is 0. The van der Waals surface area contributed by atoms with Crippen LogP contribution in [0, 0.1) is 6.92 Å². The summed E-state index contributed by atoms with van der Waals surface area (Å²) in [6.45, 7) is 5.87. The number of benzene rings is 2. The van der Waals surface area contributed by atoms with Gasteiger partial charge in [-0.1, -0.05) is 30.3 Å². The Morgan fingerprint density at radius 2 is 1.82 bits per heavy atom. The third kappa shape index (κ3) is 3.96. The van der Waals surface area contributed by atoms with Gasteiger partial charge in [0.05, 0.1) is 12.8 Å². The number of aryl methyl sites for hydroxylation is 1. The first kappa shape index (κ1) is 18.7. The summed E-state index contributed by atoms with van der Waals surface area (Å²) in [7, 11) is 3.87. The molecule has 1 aromatic heterocycles. The fraction of sp³-hybridized carbons (Fsp3) is 0.348. The maximum atomic E-state index is 5.96. The zero-order valence-electron chi connectivity index (χ0n) is 16.8. The van der Waals surface area contributed by atoms with Gasteiger partial charge in [0.2, 0.25) is 5.89 Å². The zero-order chi connectivity index (χ0) is 19.5. The number of aromatic nitrogens is 1. The molecule has 1 saturated heterocycles. The Hall–Kier alpha value is -2.63. The Morgan fingerprint density at radius 3 is 2.54 bits per heavy atom. The first-order valence-corrected chi connectivity index (χ1v) is 9.72. The van der Waals surface area contributed by atoms with Crippen molar-refractivity contribution in [1.29, 1.82) is 0 Å². The van der Waals surface area contributed by atoms with Crippen molar-refractivity contribution in [1.82, 2.24) is 14.8 Å². The van der Waals surface area contributed by atoms with Gasteiger partial charge in [0.1, 0.15) is 11.5 Å². The van der Waals surface area contributed by atoms with Crippen LogP contribution in [-0.4, -0.2) is 48.6 Å². The molecule has 0 radical (unpaired) electrons. The molecule has 0 N–H and O–H groups in total. The second-order valence-electron chi connectivity index (χ2n) is 7.39. The summed E-state index contributed by atoms with van der Waals surface area (Å²) in [6, 6.07) is 19.0. The lowest BCUT2D eigenvalue weighted by Gasteiger charge is -2.39. The fourth-order valence-electron chi connectivity index (χ4n) is 3.75. The standard InChI is InChI=1S/C23H27N3O2/c1-17-21(24-23(28-17)19-9-11-20(27-3)12-10-19)15-26-14-13-25(2)22(16-26)18-7-5-4-6-8-18/h4-12,22H,13-16H2,1-3H3/t22-/m1/s1. The van der Waals surface area contributed by atoms with Crippen LogP contribution in [0.5, 0.6) is 5.75 Å². The van der Waals surface area contributed by atoms with Crippen LogP contribution in [-0.2, 0) is 6.54 Å². The number of oxazole rings is 1. The topological polar surface area (TPSA) is 41.7 Å². The molecule has 0 amide bonds. The number of hydrogen-bond donors (Lipinski definition) is 0. The van der Waals surface area contributed by atoms with Crippen LogP contribution in [0.4, 0.5) is 0 Å². The maximum absolute atomic E-state index is 5.96. The van der Waals surface area contributed by atoms with E-state index in [0.717, 1.165) is 48.9 Å². The van der Waals surface area contributed by atoms with E-state index in [0.29, 0.717) is 11.9 Å². The fourth-order valence-corrected chi connectivity index (χ4v) is 3.75. The molecule has 0 aliphatic carbocycles. The second-order valence-corrected chi connectivity index (χ2v) is 7.39. The quantitative estimate of drug-likeness (QED) is 0.668. The predicted molar refractivity (Wildman–Crippen MR) is 110 cm³/mol. The summed E-state index contributed by atoms with van der Waals surface area (Å²) < 4.78 is 11.2. The minimum Gasteiger partial charge on any atom is -0.497 e. The third-order valence-electron chi connectivity index (χ3n) is 5.52. The molecule has 1 fully saturated rings. The van der Waals surface area contributed by atoms with Crippen molar-refractivity contribution in [3.05, 3.63) is 71.6 Å². The van der Waals surface area contributed by atoms with Crippen LogP contribution in [0.15, 0.2) is 59.0 Å². The number of hydrogen-bond acceptors (Lipinski definition) is 5. The first-order valence-electron chi connectivity index (χ1n) is 9.72. The summed E-state index contributed by atoms with van der Waals surface area (Å²) in [5.41, 5.74) is 3.35. The largest absolute Gasteiger partial charge is 0.497 e. The van der Waals surface area contributed by atoms with E-state index in [4.69, 9.17) is 14.1 Å². The van der Waals surface area contributed by atoms with Crippen LogP contribution < -0.4 is 4.74 Å². The highest BCUT2D eigenvalue weighted by atomic mass is 16.5. The van der Waals surface area contributed by atoms with Crippen LogP contribution in [0.3, 0.4) is 0 Å². The Kier molecular flexibility index (Phi) is 5.46. The van der Waals surface area contributed by atoms with E-state index < -0.39 is 0 Å². The molecule has 5 nitrogen and oxygen atoms in total. The zero-order valence-corrected chi connectivity index (χ0v) is 16.8. The number of methoxy groups -OCH3 is 1. The van der Waals surface area contributed by atoms with Gasteiger partial charge in [-0.25, -0.2) is 4.98 Å². The minimum atomic E-state index is 0.406. The molecule has 5 heteroatoms. The van der Waals surface area contributed by atoms with E-state index in [-0.39, 0.29) is 0 Å². The van der Waals surface area contributed by atoms with Gasteiger partial charge in [-0.05, 0) is 43.8 Å². The lowest BCUT2D eigenvalue weighted by atomic mass is 10.0. The smallest absolute Gasteiger partial charge is 0.226 e. The first-order chi connectivity index (χ1) is 13.6.